The lowest BCUT2D eigenvalue weighted by atomic mass is 9.94. The number of rotatable bonds is 6. The van der Waals surface area contributed by atoms with E-state index in [1.165, 1.54) is 12.1 Å². The minimum atomic E-state index is -3.58. The Labute approximate surface area is 156 Å². The Morgan fingerprint density at radius 1 is 1.19 bits per heavy atom. The van der Waals surface area contributed by atoms with Crippen LogP contribution in [0.15, 0.2) is 29.2 Å². The zero-order valence-corrected chi connectivity index (χ0v) is 16.1. The Kier molecular flexibility index (Phi) is 6.32. The van der Waals surface area contributed by atoms with Crippen molar-refractivity contribution in [3.8, 4) is 0 Å². The van der Waals surface area contributed by atoms with Gasteiger partial charge in [0.15, 0.2) is 0 Å². The molecule has 144 valence electrons. The number of benzene rings is 1. The summed E-state index contributed by atoms with van der Waals surface area (Å²) in [5.74, 6) is 0.692. The molecular formula is C19H28N2O4S. The number of nitrogens with zero attached hydrogens (tertiary/aromatic N) is 1. The number of amides is 1. The summed E-state index contributed by atoms with van der Waals surface area (Å²) in [6, 6.07) is 6.22. The van der Waals surface area contributed by atoms with E-state index in [2.05, 4.69) is 11.6 Å². The normalized spacial score (nSPS) is 21.9. The molecule has 26 heavy (non-hydrogen) atoms. The van der Waals surface area contributed by atoms with Crippen LogP contribution in [0.2, 0.25) is 0 Å². The van der Waals surface area contributed by atoms with Gasteiger partial charge in [0.05, 0.1) is 11.0 Å². The molecule has 2 heterocycles. The Hall–Kier alpha value is -1.44. The average molecular weight is 381 g/mol. The summed E-state index contributed by atoms with van der Waals surface area (Å²) in [6.45, 7) is 4.73. The second-order valence-electron chi connectivity index (χ2n) is 7.16. The number of carbonyl (C=O) groups is 1. The van der Waals surface area contributed by atoms with E-state index in [1.54, 1.807) is 12.1 Å². The highest BCUT2D eigenvalue weighted by Gasteiger charge is 2.24. The van der Waals surface area contributed by atoms with Crippen molar-refractivity contribution >= 4 is 15.9 Å². The summed E-state index contributed by atoms with van der Waals surface area (Å²) in [6.07, 6.45) is 5.05. The van der Waals surface area contributed by atoms with E-state index >= 15 is 0 Å². The van der Waals surface area contributed by atoms with E-state index in [-0.39, 0.29) is 23.5 Å². The molecule has 6 nitrogen and oxygen atoms in total. The fourth-order valence-electron chi connectivity index (χ4n) is 3.59. The third kappa shape index (κ3) is 4.64. The van der Waals surface area contributed by atoms with Gasteiger partial charge in [-0.3, -0.25) is 4.79 Å². The third-order valence-electron chi connectivity index (χ3n) is 5.42. The predicted molar refractivity (Wildman–Crippen MR) is 99.5 cm³/mol. The zero-order chi connectivity index (χ0) is 18.6. The number of nitrogens with one attached hydrogen (secondary N) is 1. The van der Waals surface area contributed by atoms with Crippen LogP contribution in [-0.4, -0.2) is 51.6 Å². The van der Waals surface area contributed by atoms with E-state index in [0.717, 1.165) is 45.2 Å². The molecule has 1 atom stereocenters. The lowest BCUT2D eigenvalue weighted by Gasteiger charge is -2.31. The summed E-state index contributed by atoms with van der Waals surface area (Å²) in [5, 5.41) is 0. The number of piperidine rings is 1. The fourth-order valence-corrected chi connectivity index (χ4v) is 4.66. The quantitative estimate of drug-likeness (QED) is 0.822. The molecule has 2 saturated heterocycles. The zero-order valence-electron chi connectivity index (χ0n) is 15.3. The number of hydrogen-bond donors (Lipinski definition) is 1. The van der Waals surface area contributed by atoms with Crippen LogP contribution in [0, 0.1) is 5.92 Å². The average Bonchev–Trinajstić information content (AvgIpc) is 3.20. The molecule has 0 aromatic heterocycles. The summed E-state index contributed by atoms with van der Waals surface area (Å²) < 4.78 is 32.8. The first-order valence-corrected chi connectivity index (χ1v) is 11.0. The molecule has 7 heteroatoms. The fraction of sp³-hybridized carbons (Fsp3) is 0.632. The maximum absolute atomic E-state index is 12.6. The molecule has 2 aliphatic rings. The highest BCUT2D eigenvalue weighted by atomic mass is 32.2. The molecule has 1 N–H and O–H groups in total. The molecule has 1 aromatic rings. The van der Waals surface area contributed by atoms with Gasteiger partial charge in [-0.2, -0.15) is 0 Å². The van der Waals surface area contributed by atoms with Crippen molar-refractivity contribution in [2.45, 2.75) is 50.0 Å². The number of ether oxygens (including phenoxy) is 1. The second-order valence-corrected chi connectivity index (χ2v) is 8.92. The molecule has 0 spiro atoms. The number of carbonyl (C=O) groups excluding carboxylic acids is 1. The Balaban J connectivity index is 1.59. The summed E-state index contributed by atoms with van der Waals surface area (Å²) in [5.41, 5.74) is 0.540. The highest BCUT2D eigenvalue weighted by Crippen LogP contribution is 2.22. The molecule has 3 rings (SSSR count). The van der Waals surface area contributed by atoms with Crippen molar-refractivity contribution in [2.75, 3.05) is 26.2 Å². The monoisotopic (exact) mass is 380 g/mol. The van der Waals surface area contributed by atoms with Gasteiger partial charge in [0, 0.05) is 31.8 Å². The smallest absolute Gasteiger partial charge is 0.253 e. The first kappa shape index (κ1) is 19.3. The van der Waals surface area contributed by atoms with E-state index in [1.807, 2.05) is 4.90 Å². The van der Waals surface area contributed by atoms with Gasteiger partial charge in [-0.1, -0.05) is 13.3 Å². The van der Waals surface area contributed by atoms with Crippen molar-refractivity contribution in [3.05, 3.63) is 29.8 Å². The maximum atomic E-state index is 12.6. The van der Waals surface area contributed by atoms with Gasteiger partial charge in [-0.05, 0) is 55.9 Å². The van der Waals surface area contributed by atoms with E-state index in [9.17, 15) is 13.2 Å². The first-order valence-electron chi connectivity index (χ1n) is 9.50. The molecule has 0 bridgehead atoms. The lowest BCUT2D eigenvalue weighted by molar-refractivity contribution is 0.0688. The Morgan fingerprint density at radius 2 is 1.88 bits per heavy atom. The van der Waals surface area contributed by atoms with Gasteiger partial charge in [-0.25, -0.2) is 13.1 Å². The topological polar surface area (TPSA) is 75.7 Å². The Morgan fingerprint density at radius 3 is 2.46 bits per heavy atom. The van der Waals surface area contributed by atoms with E-state index in [4.69, 9.17) is 4.74 Å². The minimum absolute atomic E-state index is 0.0178. The summed E-state index contributed by atoms with van der Waals surface area (Å²) >= 11 is 0. The largest absolute Gasteiger partial charge is 0.377 e. The SMILES string of the molecule is CCC1CCN(C(=O)c2ccc(S(=O)(=O)NC[C@H]3CCCO3)cc2)CC1. The molecule has 1 amide bonds. The van der Waals surface area contributed by atoms with Crippen molar-refractivity contribution < 1.29 is 17.9 Å². The molecule has 2 fully saturated rings. The highest BCUT2D eigenvalue weighted by molar-refractivity contribution is 7.89. The van der Waals surface area contributed by atoms with Crippen molar-refractivity contribution in [1.82, 2.24) is 9.62 Å². The van der Waals surface area contributed by atoms with Crippen LogP contribution in [0.4, 0.5) is 0 Å². The second kappa shape index (κ2) is 8.50. The van der Waals surface area contributed by atoms with Crippen LogP contribution < -0.4 is 4.72 Å². The molecule has 1 aromatic carbocycles. The van der Waals surface area contributed by atoms with Gasteiger partial charge in [0.25, 0.3) is 5.91 Å². The first-order chi connectivity index (χ1) is 12.5. The van der Waals surface area contributed by atoms with Crippen LogP contribution in [0.25, 0.3) is 0 Å². The molecule has 0 saturated carbocycles. The molecule has 2 aliphatic heterocycles. The van der Waals surface area contributed by atoms with Crippen LogP contribution in [0.5, 0.6) is 0 Å². The third-order valence-corrected chi connectivity index (χ3v) is 6.86. The molecule has 0 aliphatic carbocycles. The standard InChI is InChI=1S/C19H28N2O4S/c1-2-15-9-11-21(12-10-15)19(22)16-5-7-18(8-6-16)26(23,24)20-14-17-4-3-13-25-17/h5-8,15,17,20H,2-4,9-14H2,1H3/t17-/m1/s1. The predicted octanol–water partition coefficient (Wildman–Crippen LogP) is 2.41. The van der Waals surface area contributed by atoms with Crippen molar-refractivity contribution in [3.63, 3.8) is 0 Å². The Bertz CT molecular complexity index is 704. The summed E-state index contributed by atoms with van der Waals surface area (Å²) in [7, 11) is -3.58. The van der Waals surface area contributed by atoms with Gasteiger partial charge >= 0.3 is 0 Å². The van der Waals surface area contributed by atoms with Gasteiger partial charge < -0.3 is 9.64 Å². The van der Waals surface area contributed by atoms with Crippen LogP contribution in [-0.2, 0) is 14.8 Å². The number of sulfonamides is 1. The number of hydrogen-bond acceptors (Lipinski definition) is 4. The summed E-state index contributed by atoms with van der Waals surface area (Å²) in [4.78, 5) is 14.6. The van der Waals surface area contributed by atoms with Gasteiger partial charge in [0.2, 0.25) is 10.0 Å². The van der Waals surface area contributed by atoms with Crippen LogP contribution in [0.1, 0.15) is 49.4 Å². The molecular weight excluding hydrogens is 352 g/mol. The van der Waals surface area contributed by atoms with Crippen molar-refractivity contribution in [2.24, 2.45) is 5.92 Å². The van der Waals surface area contributed by atoms with Crippen molar-refractivity contribution in [1.29, 1.82) is 0 Å². The van der Waals surface area contributed by atoms with Crippen LogP contribution in [0.3, 0.4) is 0 Å². The molecule has 0 unspecified atom stereocenters. The molecule has 0 radical (unpaired) electrons. The van der Waals surface area contributed by atoms with E-state index in [0.29, 0.717) is 18.1 Å². The van der Waals surface area contributed by atoms with Gasteiger partial charge in [-0.15, -0.1) is 0 Å². The van der Waals surface area contributed by atoms with Gasteiger partial charge in [0.1, 0.15) is 0 Å². The lowest BCUT2D eigenvalue weighted by Crippen LogP contribution is -2.38. The minimum Gasteiger partial charge on any atom is -0.377 e. The van der Waals surface area contributed by atoms with E-state index < -0.39 is 10.0 Å². The number of likely N-dealkylation sites (tertiary alicyclic amines) is 1. The van der Waals surface area contributed by atoms with Crippen LogP contribution >= 0.6 is 0 Å². The maximum Gasteiger partial charge on any atom is 0.253 e.